The van der Waals surface area contributed by atoms with E-state index in [0.717, 1.165) is 19.5 Å². The summed E-state index contributed by atoms with van der Waals surface area (Å²) in [5.41, 5.74) is 6.50. The Kier molecular flexibility index (Phi) is 3.59. The fraction of sp³-hybridized carbons (Fsp3) is 0.417. The van der Waals surface area contributed by atoms with E-state index in [-0.39, 0.29) is 11.8 Å². The van der Waals surface area contributed by atoms with E-state index in [1.54, 1.807) is 24.3 Å². The topological polar surface area (TPSA) is 46.3 Å². The summed E-state index contributed by atoms with van der Waals surface area (Å²) >= 11 is 5.77. The third kappa shape index (κ3) is 2.82. The van der Waals surface area contributed by atoms with Crippen molar-refractivity contribution in [1.29, 1.82) is 0 Å². The van der Waals surface area contributed by atoms with Crippen LogP contribution in [0.5, 0.6) is 0 Å². The molecule has 0 aromatic heterocycles. The smallest absolute Gasteiger partial charge is 0.176 e. The van der Waals surface area contributed by atoms with E-state index >= 15 is 0 Å². The fourth-order valence-corrected chi connectivity index (χ4v) is 2.06. The lowest BCUT2D eigenvalue weighted by Gasteiger charge is -2.13. The summed E-state index contributed by atoms with van der Waals surface area (Å²) in [6, 6.07) is 7.23. The third-order valence-corrected chi connectivity index (χ3v) is 3.09. The molecule has 1 aromatic carbocycles. The highest BCUT2D eigenvalue weighted by Crippen LogP contribution is 2.12. The van der Waals surface area contributed by atoms with Crippen LogP contribution in [-0.4, -0.2) is 36.4 Å². The van der Waals surface area contributed by atoms with Gasteiger partial charge in [-0.1, -0.05) is 11.6 Å². The van der Waals surface area contributed by atoms with Crippen LogP contribution in [0.2, 0.25) is 5.02 Å². The molecule has 86 valence electrons. The van der Waals surface area contributed by atoms with Gasteiger partial charge in [0.1, 0.15) is 0 Å². The predicted octanol–water partition coefficient (Wildman–Crippen LogP) is 1.56. The van der Waals surface area contributed by atoms with E-state index < -0.39 is 0 Å². The fourth-order valence-electron chi connectivity index (χ4n) is 1.94. The SMILES string of the molecule is N[C@@H]1CCN(CC(=O)c2ccc(Cl)cc2)C1. The van der Waals surface area contributed by atoms with Crippen LogP contribution in [0.25, 0.3) is 0 Å². The molecule has 0 saturated carbocycles. The van der Waals surface area contributed by atoms with Crippen molar-refractivity contribution < 1.29 is 4.79 Å². The number of benzene rings is 1. The first-order chi connectivity index (χ1) is 7.65. The lowest BCUT2D eigenvalue weighted by Crippen LogP contribution is -2.31. The van der Waals surface area contributed by atoms with E-state index in [9.17, 15) is 4.79 Å². The van der Waals surface area contributed by atoms with E-state index in [1.807, 2.05) is 0 Å². The second-order valence-electron chi connectivity index (χ2n) is 4.21. The summed E-state index contributed by atoms with van der Waals surface area (Å²) in [5, 5.41) is 0.653. The van der Waals surface area contributed by atoms with Crippen LogP contribution in [0, 0.1) is 0 Å². The zero-order chi connectivity index (χ0) is 11.5. The number of nitrogens with two attached hydrogens (primary N) is 1. The summed E-state index contributed by atoms with van der Waals surface area (Å²) in [6.45, 7) is 2.19. The van der Waals surface area contributed by atoms with Crippen molar-refractivity contribution in [3.05, 3.63) is 34.9 Å². The highest BCUT2D eigenvalue weighted by atomic mass is 35.5. The monoisotopic (exact) mass is 238 g/mol. The summed E-state index contributed by atoms with van der Waals surface area (Å²) in [7, 11) is 0. The third-order valence-electron chi connectivity index (χ3n) is 2.84. The number of halogens is 1. The van der Waals surface area contributed by atoms with Crippen molar-refractivity contribution in [3.8, 4) is 0 Å². The number of rotatable bonds is 3. The first-order valence-electron chi connectivity index (χ1n) is 5.42. The van der Waals surface area contributed by atoms with Crippen LogP contribution in [-0.2, 0) is 0 Å². The van der Waals surface area contributed by atoms with Crippen molar-refractivity contribution in [2.24, 2.45) is 5.73 Å². The van der Waals surface area contributed by atoms with Gasteiger partial charge < -0.3 is 5.73 Å². The van der Waals surface area contributed by atoms with Crippen LogP contribution < -0.4 is 5.73 Å². The molecule has 0 bridgehead atoms. The van der Waals surface area contributed by atoms with Gasteiger partial charge in [-0.25, -0.2) is 0 Å². The Bertz CT molecular complexity index is 377. The molecule has 1 aliphatic heterocycles. The zero-order valence-corrected chi connectivity index (χ0v) is 9.78. The van der Waals surface area contributed by atoms with E-state index in [1.165, 1.54) is 0 Å². The Labute approximate surface area is 100 Å². The molecule has 1 saturated heterocycles. The highest BCUT2D eigenvalue weighted by Gasteiger charge is 2.21. The van der Waals surface area contributed by atoms with Crippen molar-refractivity contribution in [3.63, 3.8) is 0 Å². The molecule has 1 heterocycles. The van der Waals surface area contributed by atoms with Crippen molar-refractivity contribution in [2.45, 2.75) is 12.5 Å². The molecule has 0 aliphatic carbocycles. The number of ketones is 1. The number of Topliss-reactive ketones (excluding diaryl/α,β-unsaturated/α-hetero) is 1. The molecule has 1 aromatic rings. The van der Waals surface area contributed by atoms with Gasteiger partial charge in [0.15, 0.2) is 5.78 Å². The summed E-state index contributed by atoms with van der Waals surface area (Å²) in [6.07, 6.45) is 0.980. The maximum absolute atomic E-state index is 11.9. The predicted molar refractivity (Wildman–Crippen MR) is 64.8 cm³/mol. The zero-order valence-electron chi connectivity index (χ0n) is 9.03. The van der Waals surface area contributed by atoms with E-state index in [4.69, 9.17) is 17.3 Å². The molecule has 0 radical (unpaired) electrons. The van der Waals surface area contributed by atoms with E-state index in [2.05, 4.69) is 4.90 Å². The lowest BCUT2D eigenvalue weighted by atomic mass is 10.1. The summed E-state index contributed by atoms with van der Waals surface area (Å²) in [5.74, 6) is 0.130. The highest BCUT2D eigenvalue weighted by molar-refractivity contribution is 6.30. The van der Waals surface area contributed by atoms with Gasteiger partial charge in [0.05, 0.1) is 6.54 Å². The molecule has 1 aliphatic rings. The molecule has 16 heavy (non-hydrogen) atoms. The first-order valence-corrected chi connectivity index (χ1v) is 5.79. The molecule has 0 amide bonds. The number of carbonyl (C=O) groups is 1. The Morgan fingerprint density at radius 3 is 2.69 bits per heavy atom. The summed E-state index contributed by atoms with van der Waals surface area (Å²) < 4.78 is 0. The van der Waals surface area contributed by atoms with Gasteiger partial charge in [0.25, 0.3) is 0 Å². The van der Waals surface area contributed by atoms with Crippen LogP contribution in [0.3, 0.4) is 0 Å². The van der Waals surface area contributed by atoms with E-state index in [0.29, 0.717) is 17.1 Å². The minimum absolute atomic E-state index is 0.130. The number of carbonyl (C=O) groups excluding carboxylic acids is 1. The molecule has 1 fully saturated rings. The Morgan fingerprint density at radius 1 is 1.44 bits per heavy atom. The Morgan fingerprint density at radius 2 is 2.12 bits per heavy atom. The lowest BCUT2D eigenvalue weighted by molar-refractivity contribution is 0.0945. The number of hydrogen-bond donors (Lipinski definition) is 1. The molecule has 1 atom stereocenters. The number of likely N-dealkylation sites (tertiary alicyclic amines) is 1. The van der Waals surface area contributed by atoms with Gasteiger partial charge in [0.2, 0.25) is 0 Å². The maximum Gasteiger partial charge on any atom is 0.176 e. The molecular weight excluding hydrogens is 224 g/mol. The minimum Gasteiger partial charge on any atom is -0.326 e. The minimum atomic E-state index is 0.130. The molecule has 2 N–H and O–H groups in total. The van der Waals surface area contributed by atoms with Crippen molar-refractivity contribution in [2.75, 3.05) is 19.6 Å². The largest absolute Gasteiger partial charge is 0.326 e. The van der Waals surface area contributed by atoms with Crippen LogP contribution in [0.4, 0.5) is 0 Å². The van der Waals surface area contributed by atoms with Gasteiger partial charge in [-0.05, 0) is 30.7 Å². The van der Waals surface area contributed by atoms with Gasteiger partial charge in [-0.3, -0.25) is 9.69 Å². The first kappa shape index (κ1) is 11.6. The number of nitrogens with zero attached hydrogens (tertiary/aromatic N) is 1. The van der Waals surface area contributed by atoms with Crippen LogP contribution in [0.15, 0.2) is 24.3 Å². The van der Waals surface area contributed by atoms with Crippen LogP contribution >= 0.6 is 11.6 Å². The standard InChI is InChI=1S/C12H15ClN2O/c13-10-3-1-9(2-4-10)12(16)8-15-6-5-11(14)7-15/h1-4,11H,5-8,14H2/t11-/m1/s1. The molecular formula is C12H15ClN2O. The van der Waals surface area contributed by atoms with Gasteiger partial charge in [-0.15, -0.1) is 0 Å². The second-order valence-corrected chi connectivity index (χ2v) is 4.65. The number of hydrogen-bond acceptors (Lipinski definition) is 3. The van der Waals surface area contributed by atoms with Gasteiger partial charge in [0, 0.05) is 29.7 Å². The molecule has 3 nitrogen and oxygen atoms in total. The Balaban J connectivity index is 1.95. The van der Waals surface area contributed by atoms with Gasteiger partial charge in [-0.2, -0.15) is 0 Å². The van der Waals surface area contributed by atoms with Crippen LogP contribution in [0.1, 0.15) is 16.8 Å². The van der Waals surface area contributed by atoms with Crippen molar-refractivity contribution in [1.82, 2.24) is 4.90 Å². The molecule has 2 rings (SSSR count). The Hall–Kier alpha value is -0.900. The average molecular weight is 239 g/mol. The average Bonchev–Trinajstić information content (AvgIpc) is 2.65. The van der Waals surface area contributed by atoms with Gasteiger partial charge >= 0.3 is 0 Å². The quantitative estimate of drug-likeness (QED) is 0.813. The normalized spacial score (nSPS) is 21.2. The second kappa shape index (κ2) is 4.95. The molecule has 0 unspecified atom stereocenters. The summed E-state index contributed by atoms with van der Waals surface area (Å²) in [4.78, 5) is 14.0. The molecule has 0 spiro atoms. The molecule has 4 heteroatoms. The van der Waals surface area contributed by atoms with Crippen molar-refractivity contribution >= 4 is 17.4 Å². The maximum atomic E-state index is 11.9.